The van der Waals surface area contributed by atoms with Crippen molar-refractivity contribution in [3.8, 4) is 0 Å². The van der Waals surface area contributed by atoms with Crippen LogP contribution in [0.2, 0.25) is 0 Å². The normalized spacial score (nSPS) is 22.4. The maximum absolute atomic E-state index is 10.4. The van der Waals surface area contributed by atoms with E-state index >= 15 is 0 Å². The third-order valence-corrected chi connectivity index (χ3v) is 3.96. The summed E-state index contributed by atoms with van der Waals surface area (Å²) in [5.74, 6) is 0. The zero-order valence-electron chi connectivity index (χ0n) is 11.0. The van der Waals surface area contributed by atoms with Crippen LogP contribution in [-0.4, -0.2) is 27.6 Å². The largest absolute Gasteiger partial charge is 0.387 e. The Balaban J connectivity index is 2.07. The molecule has 2 unspecified atom stereocenters. The number of hydrogen-bond acceptors (Lipinski definition) is 3. The molecule has 0 bridgehead atoms. The Morgan fingerprint density at radius 2 is 2.33 bits per heavy atom. The molecule has 5 heteroatoms. The lowest BCUT2D eigenvalue weighted by atomic mass is 10.0. The van der Waals surface area contributed by atoms with E-state index in [1.54, 1.807) is 6.20 Å². The number of ether oxygens (including phenoxy) is 1. The molecule has 2 rings (SSSR count). The lowest BCUT2D eigenvalue weighted by Crippen LogP contribution is -2.23. The smallest absolute Gasteiger partial charge is 0.0992 e. The summed E-state index contributed by atoms with van der Waals surface area (Å²) < 4.78 is 8.43. The number of hydrogen-bond donors (Lipinski definition) is 1. The summed E-state index contributed by atoms with van der Waals surface area (Å²) in [7, 11) is 0. The second-order valence-electron chi connectivity index (χ2n) is 5.16. The lowest BCUT2D eigenvalue weighted by Gasteiger charge is -2.25. The van der Waals surface area contributed by atoms with Gasteiger partial charge in [-0.1, -0.05) is 0 Å². The van der Waals surface area contributed by atoms with E-state index in [4.69, 9.17) is 4.74 Å². The number of rotatable bonds is 4. The Bertz CT molecular complexity index is 386. The fourth-order valence-electron chi connectivity index (χ4n) is 2.43. The molecule has 0 saturated carbocycles. The fourth-order valence-corrected chi connectivity index (χ4v) is 2.97. The van der Waals surface area contributed by atoms with Crippen molar-refractivity contribution in [3.05, 3.63) is 16.4 Å². The van der Waals surface area contributed by atoms with Gasteiger partial charge in [0.2, 0.25) is 0 Å². The van der Waals surface area contributed by atoms with Gasteiger partial charge in [-0.25, -0.2) is 0 Å². The van der Waals surface area contributed by atoms with E-state index in [0.29, 0.717) is 6.42 Å². The van der Waals surface area contributed by atoms with E-state index in [9.17, 15) is 5.11 Å². The van der Waals surface area contributed by atoms with Gasteiger partial charge in [0.1, 0.15) is 0 Å². The maximum atomic E-state index is 10.4. The Morgan fingerprint density at radius 3 is 2.94 bits per heavy atom. The highest BCUT2D eigenvalue weighted by molar-refractivity contribution is 9.10. The summed E-state index contributed by atoms with van der Waals surface area (Å²) in [6.45, 7) is 4.95. The number of aromatic nitrogens is 2. The molecule has 18 heavy (non-hydrogen) atoms. The van der Waals surface area contributed by atoms with Crippen LogP contribution in [0.5, 0.6) is 0 Å². The van der Waals surface area contributed by atoms with Crippen molar-refractivity contribution in [2.75, 3.05) is 6.61 Å². The average molecular weight is 317 g/mol. The van der Waals surface area contributed by atoms with Crippen LogP contribution in [0.4, 0.5) is 0 Å². The van der Waals surface area contributed by atoms with E-state index in [1.165, 1.54) is 6.42 Å². The first-order valence-electron chi connectivity index (χ1n) is 6.62. The quantitative estimate of drug-likeness (QED) is 0.927. The van der Waals surface area contributed by atoms with Crippen molar-refractivity contribution in [2.24, 2.45) is 0 Å². The molecule has 1 aromatic heterocycles. The Labute approximate surface area is 116 Å². The monoisotopic (exact) mass is 316 g/mol. The lowest BCUT2D eigenvalue weighted by molar-refractivity contribution is -0.0174. The fraction of sp³-hybridized carbons (Fsp3) is 0.769. The van der Waals surface area contributed by atoms with Crippen molar-refractivity contribution in [1.82, 2.24) is 9.78 Å². The van der Waals surface area contributed by atoms with Gasteiger partial charge in [-0.3, -0.25) is 4.68 Å². The zero-order chi connectivity index (χ0) is 13.1. The number of nitrogens with zero attached hydrogens (tertiary/aromatic N) is 2. The van der Waals surface area contributed by atoms with Crippen molar-refractivity contribution in [1.29, 1.82) is 0 Å². The predicted molar refractivity (Wildman–Crippen MR) is 73.5 cm³/mol. The van der Waals surface area contributed by atoms with Gasteiger partial charge in [-0.2, -0.15) is 5.10 Å². The average Bonchev–Trinajstić information content (AvgIpc) is 2.72. The third kappa shape index (κ3) is 3.13. The van der Waals surface area contributed by atoms with Crippen LogP contribution in [0.3, 0.4) is 0 Å². The topological polar surface area (TPSA) is 47.3 Å². The molecule has 1 aliphatic rings. The highest BCUT2D eigenvalue weighted by Crippen LogP contribution is 2.30. The molecule has 0 amide bonds. The summed E-state index contributed by atoms with van der Waals surface area (Å²) in [4.78, 5) is 0. The van der Waals surface area contributed by atoms with Crippen LogP contribution in [-0.2, 0) is 4.74 Å². The molecule has 102 valence electrons. The van der Waals surface area contributed by atoms with Crippen molar-refractivity contribution < 1.29 is 9.84 Å². The molecule has 0 radical (unpaired) electrons. The van der Waals surface area contributed by atoms with E-state index in [0.717, 1.165) is 29.6 Å². The first-order valence-corrected chi connectivity index (χ1v) is 7.41. The van der Waals surface area contributed by atoms with Gasteiger partial charge in [0.05, 0.1) is 28.6 Å². The predicted octanol–water partition coefficient (Wildman–Crippen LogP) is 3.22. The van der Waals surface area contributed by atoms with Crippen LogP contribution >= 0.6 is 15.9 Å². The molecule has 1 aromatic rings. The van der Waals surface area contributed by atoms with Gasteiger partial charge in [-0.15, -0.1) is 0 Å². The van der Waals surface area contributed by atoms with Gasteiger partial charge in [0, 0.05) is 19.1 Å². The van der Waals surface area contributed by atoms with E-state index in [-0.39, 0.29) is 12.1 Å². The molecule has 1 saturated heterocycles. The molecule has 1 N–H and O–H groups in total. The zero-order valence-corrected chi connectivity index (χ0v) is 12.6. The Morgan fingerprint density at radius 1 is 1.56 bits per heavy atom. The molecule has 0 aliphatic carbocycles. The van der Waals surface area contributed by atoms with Crippen LogP contribution < -0.4 is 0 Å². The number of aliphatic hydroxyl groups excluding tert-OH is 1. The van der Waals surface area contributed by atoms with Gasteiger partial charge >= 0.3 is 0 Å². The second kappa shape index (κ2) is 6.17. The molecule has 0 spiro atoms. The number of aliphatic hydroxyl groups is 1. The minimum absolute atomic E-state index is 0.177. The summed E-state index contributed by atoms with van der Waals surface area (Å²) in [5, 5.41) is 14.7. The number of halogens is 1. The van der Waals surface area contributed by atoms with Crippen LogP contribution in [0, 0.1) is 0 Å². The SMILES string of the molecule is CC(C)n1ncc(Br)c1C(O)CC1CCCCO1. The van der Waals surface area contributed by atoms with Crippen LogP contribution in [0.25, 0.3) is 0 Å². The molecule has 2 atom stereocenters. The maximum Gasteiger partial charge on any atom is 0.0992 e. The summed E-state index contributed by atoms with van der Waals surface area (Å²) in [5.41, 5.74) is 0.860. The van der Waals surface area contributed by atoms with E-state index in [2.05, 4.69) is 34.9 Å². The Kier molecular flexibility index (Phi) is 4.81. The highest BCUT2D eigenvalue weighted by Gasteiger charge is 2.24. The molecule has 2 heterocycles. The van der Waals surface area contributed by atoms with Gasteiger partial charge in [0.15, 0.2) is 0 Å². The molecule has 4 nitrogen and oxygen atoms in total. The summed E-state index contributed by atoms with van der Waals surface area (Å²) >= 11 is 3.47. The van der Waals surface area contributed by atoms with E-state index in [1.807, 2.05) is 4.68 Å². The minimum Gasteiger partial charge on any atom is -0.387 e. The summed E-state index contributed by atoms with van der Waals surface area (Å²) in [6.07, 6.45) is 5.44. The van der Waals surface area contributed by atoms with Crippen molar-refractivity contribution in [3.63, 3.8) is 0 Å². The molecular weight excluding hydrogens is 296 g/mol. The van der Waals surface area contributed by atoms with Crippen LogP contribution in [0.15, 0.2) is 10.7 Å². The van der Waals surface area contributed by atoms with Gasteiger partial charge in [0.25, 0.3) is 0 Å². The molecular formula is C13H21BrN2O2. The first-order chi connectivity index (χ1) is 8.59. The first kappa shape index (κ1) is 14.0. The molecule has 0 aromatic carbocycles. The van der Waals surface area contributed by atoms with Crippen molar-refractivity contribution >= 4 is 15.9 Å². The highest BCUT2D eigenvalue weighted by atomic mass is 79.9. The Hall–Kier alpha value is -0.390. The van der Waals surface area contributed by atoms with Crippen LogP contribution in [0.1, 0.15) is 57.4 Å². The van der Waals surface area contributed by atoms with E-state index < -0.39 is 6.10 Å². The van der Waals surface area contributed by atoms with Gasteiger partial charge < -0.3 is 9.84 Å². The standard InChI is InChI=1S/C13H21BrN2O2/c1-9(2)16-13(11(14)8-15-16)12(17)7-10-5-3-4-6-18-10/h8-10,12,17H,3-7H2,1-2H3. The third-order valence-electron chi connectivity index (χ3n) is 3.35. The summed E-state index contributed by atoms with van der Waals surface area (Å²) in [6, 6.07) is 0.244. The molecule has 1 fully saturated rings. The molecule has 1 aliphatic heterocycles. The second-order valence-corrected chi connectivity index (χ2v) is 6.01. The minimum atomic E-state index is -0.521. The van der Waals surface area contributed by atoms with Gasteiger partial charge in [-0.05, 0) is 49.0 Å². The van der Waals surface area contributed by atoms with Crippen molar-refractivity contribution in [2.45, 2.75) is 57.8 Å².